The third-order valence-corrected chi connectivity index (χ3v) is 6.95. The smallest absolute Gasteiger partial charge is 0.394 e. The van der Waals surface area contributed by atoms with Crippen LogP contribution in [0.25, 0.3) is 0 Å². The quantitative estimate of drug-likeness (QED) is 0.445. The lowest BCUT2D eigenvalue weighted by molar-refractivity contribution is -0.0935. The number of benzene rings is 1. The first-order chi connectivity index (χ1) is 13.8. The van der Waals surface area contributed by atoms with Crippen molar-refractivity contribution in [3.8, 4) is 0 Å². The number of hydrogen-bond donors (Lipinski definition) is 4. The van der Waals surface area contributed by atoms with Crippen molar-refractivity contribution in [1.29, 1.82) is 5.41 Å². The number of fused-ring (bicyclic) bond motifs is 7. The molecular weight excluding hydrogens is 381 g/mol. The molecule has 4 rings (SSSR count). The molecule has 1 aliphatic heterocycles. The van der Waals surface area contributed by atoms with Gasteiger partial charge in [-0.2, -0.15) is 13.2 Å². The van der Waals surface area contributed by atoms with E-state index in [1.165, 1.54) is 0 Å². The minimum Gasteiger partial charge on any atom is -0.394 e. The van der Waals surface area contributed by atoms with Gasteiger partial charge in [0.15, 0.2) is 0 Å². The highest BCUT2D eigenvalue weighted by Gasteiger charge is 2.55. The molecule has 29 heavy (non-hydrogen) atoms. The van der Waals surface area contributed by atoms with Gasteiger partial charge in [0.1, 0.15) is 12.0 Å². The molecule has 0 aromatic heterocycles. The normalized spacial score (nSPS) is 30.8. The van der Waals surface area contributed by atoms with E-state index >= 15 is 0 Å². The number of rotatable bonds is 5. The third kappa shape index (κ3) is 3.13. The fraction of sp³-hybridized carbons (Fsp3) is 0.524. The fourth-order valence-corrected chi connectivity index (χ4v) is 5.86. The van der Waals surface area contributed by atoms with Crippen molar-refractivity contribution in [3.05, 3.63) is 40.1 Å². The van der Waals surface area contributed by atoms with Crippen molar-refractivity contribution in [3.63, 3.8) is 0 Å². The zero-order chi connectivity index (χ0) is 20.9. The number of aldehydes is 1. The largest absolute Gasteiger partial charge is 0.431 e. The Kier molecular flexibility index (Phi) is 4.93. The summed E-state index contributed by atoms with van der Waals surface area (Å²) in [5.74, 6) is 0.701. The molecule has 3 aliphatic rings. The van der Waals surface area contributed by atoms with Crippen molar-refractivity contribution in [2.45, 2.75) is 43.9 Å². The van der Waals surface area contributed by atoms with E-state index in [9.17, 15) is 18.0 Å². The summed E-state index contributed by atoms with van der Waals surface area (Å²) in [6, 6.07) is 3.10. The second-order valence-electron chi connectivity index (χ2n) is 8.36. The Labute approximate surface area is 167 Å². The number of allylic oxidation sites excluding steroid dienone is 1. The lowest BCUT2D eigenvalue weighted by Gasteiger charge is -2.44. The molecule has 1 unspecified atom stereocenters. The number of anilines is 1. The SMILES string of the molecule is CNCc1cc2c(cc1C=O)[C@@H]1[C@H]3CC[C@H](C3)[C@@H]1C(/C(C=N)=C(/N)C(F)(F)F)N2. The van der Waals surface area contributed by atoms with Crippen LogP contribution < -0.4 is 16.4 Å². The van der Waals surface area contributed by atoms with Crippen molar-refractivity contribution in [2.75, 3.05) is 12.4 Å². The lowest BCUT2D eigenvalue weighted by atomic mass is 9.67. The van der Waals surface area contributed by atoms with E-state index < -0.39 is 17.9 Å². The highest BCUT2D eigenvalue weighted by atomic mass is 19.4. The zero-order valence-corrected chi connectivity index (χ0v) is 16.1. The van der Waals surface area contributed by atoms with Gasteiger partial charge < -0.3 is 21.8 Å². The summed E-state index contributed by atoms with van der Waals surface area (Å²) in [6.45, 7) is 0.478. The molecule has 1 aromatic carbocycles. The molecule has 0 spiro atoms. The summed E-state index contributed by atoms with van der Waals surface area (Å²) in [6.07, 6.45) is -0.0892. The van der Waals surface area contributed by atoms with Crippen LogP contribution in [0.3, 0.4) is 0 Å². The lowest BCUT2D eigenvalue weighted by Crippen LogP contribution is -2.44. The molecule has 5 atom stereocenters. The molecule has 2 bridgehead atoms. The number of hydrogen-bond acceptors (Lipinski definition) is 5. The van der Waals surface area contributed by atoms with Gasteiger partial charge in [-0.3, -0.25) is 4.79 Å². The molecule has 156 valence electrons. The van der Waals surface area contributed by atoms with Crippen LogP contribution in [-0.2, 0) is 6.54 Å². The summed E-state index contributed by atoms with van der Waals surface area (Å²) >= 11 is 0. The first kappa shape index (κ1) is 19.9. The third-order valence-electron chi connectivity index (χ3n) is 6.95. The van der Waals surface area contributed by atoms with Gasteiger partial charge in [0, 0.05) is 29.6 Å². The maximum Gasteiger partial charge on any atom is 0.431 e. The van der Waals surface area contributed by atoms with Crippen LogP contribution in [0.4, 0.5) is 18.9 Å². The molecule has 1 heterocycles. The Morgan fingerprint density at radius 1 is 1.34 bits per heavy atom. The molecule has 5 N–H and O–H groups in total. The Hall–Kier alpha value is -2.35. The maximum absolute atomic E-state index is 13.4. The van der Waals surface area contributed by atoms with Crippen LogP contribution in [0.15, 0.2) is 23.4 Å². The number of alkyl halides is 3. The molecule has 0 radical (unpaired) electrons. The Morgan fingerprint density at radius 2 is 2.07 bits per heavy atom. The van der Waals surface area contributed by atoms with Crippen LogP contribution >= 0.6 is 0 Å². The number of carbonyl (C=O) groups is 1. The molecule has 0 amide bonds. The fourth-order valence-electron chi connectivity index (χ4n) is 5.86. The molecular formula is C21H25F3N4O. The first-order valence-corrected chi connectivity index (χ1v) is 9.90. The monoisotopic (exact) mass is 406 g/mol. The van der Waals surface area contributed by atoms with Gasteiger partial charge in [0.2, 0.25) is 0 Å². The second kappa shape index (κ2) is 7.16. The maximum atomic E-state index is 13.4. The zero-order valence-electron chi connectivity index (χ0n) is 16.1. The summed E-state index contributed by atoms with van der Waals surface area (Å²) in [7, 11) is 1.77. The van der Waals surface area contributed by atoms with Crippen LogP contribution in [0.1, 0.15) is 46.7 Å². The number of nitrogens with one attached hydrogen (secondary N) is 3. The average Bonchev–Trinajstić information content (AvgIpc) is 3.30. The summed E-state index contributed by atoms with van der Waals surface area (Å²) < 4.78 is 40.1. The molecule has 2 saturated carbocycles. The van der Waals surface area contributed by atoms with Gasteiger partial charge in [0.05, 0.1) is 6.04 Å². The Morgan fingerprint density at radius 3 is 2.69 bits per heavy atom. The first-order valence-electron chi connectivity index (χ1n) is 9.90. The van der Waals surface area contributed by atoms with Crippen molar-refractivity contribution in [1.82, 2.24) is 5.32 Å². The van der Waals surface area contributed by atoms with E-state index in [2.05, 4.69) is 10.6 Å². The molecule has 2 fully saturated rings. The van der Waals surface area contributed by atoms with E-state index in [-0.39, 0.29) is 17.4 Å². The van der Waals surface area contributed by atoms with Crippen molar-refractivity contribution >= 4 is 18.2 Å². The summed E-state index contributed by atoms with van der Waals surface area (Å²) in [5.41, 5.74) is 7.23. The number of nitrogens with two attached hydrogens (primary N) is 1. The van der Waals surface area contributed by atoms with Gasteiger partial charge in [-0.15, -0.1) is 0 Å². The van der Waals surface area contributed by atoms with Crippen LogP contribution in [-0.4, -0.2) is 31.8 Å². The molecule has 1 aromatic rings. The van der Waals surface area contributed by atoms with E-state index in [1.807, 2.05) is 12.1 Å². The highest BCUT2D eigenvalue weighted by molar-refractivity contribution is 5.83. The number of carbonyl (C=O) groups excluding carboxylic acids is 1. The molecule has 2 aliphatic carbocycles. The van der Waals surface area contributed by atoms with Gasteiger partial charge in [-0.1, -0.05) is 0 Å². The topological polar surface area (TPSA) is 91.0 Å². The van der Waals surface area contributed by atoms with E-state index in [1.54, 1.807) is 7.05 Å². The van der Waals surface area contributed by atoms with Crippen LogP contribution in [0.2, 0.25) is 0 Å². The summed E-state index contributed by atoms with van der Waals surface area (Å²) in [4.78, 5) is 11.6. The predicted molar refractivity (Wildman–Crippen MR) is 105 cm³/mol. The van der Waals surface area contributed by atoms with Crippen molar-refractivity contribution < 1.29 is 18.0 Å². The van der Waals surface area contributed by atoms with Gasteiger partial charge >= 0.3 is 6.18 Å². The molecule has 0 saturated heterocycles. The number of halogens is 3. The Bertz CT molecular complexity index is 879. The van der Waals surface area contributed by atoms with E-state index in [0.717, 1.165) is 48.6 Å². The van der Waals surface area contributed by atoms with E-state index in [4.69, 9.17) is 11.1 Å². The van der Waals surface area contributed by atoms with Gasteiger partial charge in [0.25, 0.3) is 0 Å². The molecule has 8 heteroatoms. The highest BCUT2D eigenvalue weighted by Crippen LogP contribution is 2.62. The molecule has 5 nitrogen and oxygen atoms in total. The van der Waals surface area contributed by atoms with Crippen LogP contribution in [0, 0.1) is 23.2 Å². The van der Waals surface area contributed by atoms with Gasteiger partial charge in [-0.05, 0) is 73.2 Å². The predicted octanol–water partition coefficient (Wildman–Crippen LogP) is 3.57. The second-order valence-corrected chi connectivity index (χ2v) is 8.36. The Balaban J connectivity index is 1.86. The summed E-state index contributed by atoms with van der Waals surface area (Å²) in [5, 5.41) is 14.0. The van der Waals surface area contributed by atoms with Crippen LogP contribution in [0.5, 0.6) is 0 Å². The van der Waals surface area contributed by atoms with Crippen molar-refractivity contribution in [2.24, 2.45) is 23.5 Å². The average molecular weight is 406 g/mol. The minimum absolute atomic E-state index is 0.0617. The standard InChI is InChI=1S/C21H25F3N4O/c1-27-8-12-6-16-14(5-13(12)9-29)17-10-2-3-11(4-10)18(17)19(28-16)15(7-25)20(26)21(22,23)24/h5-7,9-11,17-19,25,27-28H,2-4,8,26H2,1H3/b20-15+,25-7?/t10-,11+,17-,18-,19?/m0/s1. The van der Waals surface area contributed by atoms with Gasteiger partial charge in [-0.25, -0.2) is 0 Å². The minimum atomic E-state index is -4.68. The van der Waals surface area contributed by atoms with E-state index in [0.29, 0.717) is 23.9 Å².